The van der Waals surface area contributed by atoms with E-state index in [1.165, 1.54) is 11.1 Å². The van der Waals surface area contributed by atoms with Crippen LogP contribution in [0.2, 0.25) is 0 Å². The monoisotopic (exact) mass is 367 g/mol. The fraction of sp³-hybridized carbons (Fsp3) is 0.160. The first-order valence-electron chi connectivity index (χ1n) is 9.03. The van der Waals surface area contributed by atoms with Gasteiger partial charge in [-0.05, 0) is 62.1 Å². The van der Waals surface area contributed by atoms with Crippen LogP contribution in [0.5, 0.6) is 11.5 Å². The van der Waals surface area contributed by atoms with Gasteiger partial charge < -0.3 is 9.47 Å². The molecule has 3 heteroatoms. The zero-order chi connectivity index (χ0) is 19.6. The fourth-order valence-electron chi connectivity index (χ4n) is 2.34. The van der Waals surface area contributed by atoms with Crippen LogP contribution in [0, 0.1) is 37.5 Å². The van der Waals surface area contributed by atoms with E-state index in [-0.39, 0.29) is 0 Å². The quantitative estimate of drug-likeness (QED) is 0.634. The third-order valence-electron chi connectivity index (χ3n) is 3.85. The molecule has 138 valence electrons. The molecule has 0 unspecified atom stereocenters. The van der Waals surface area contributed by atoms with E-state index in [9.17, 15) is 0 Å². The highest BCUT2D eigenvalue weighted by atomic mass is 16.5. The highest BCUT2D eigenvalue weighted by Crippen LogP contribution is 2.11. The zero-order valence-corrected chi connectivity index (χ0v) is 16.0. The van der Waals surface area contributed by atoms with Gasteiger partial charge in [0, 0.05) is 0 Å². The number of rotatable bonds is 4. The molecule has 0 aliphatic rings. The van der Waals surface area contributed by atoms with Crippen molar-refractivity contribution < 1.29 is 9.47 Å². The maximum absolute atomic E-state index is 5.60. The van der Waals surface area contributed by atoms with Crippen molar-refractivity contribution in [3.63, 3.8) is 0 Å². The predicted octanol–water partition coefficient (Wildman–Crippen LogP) is 4.56. The van der Waals surface area contributed by atoms with Crippen LogP contribution in [-0.2, 0) is 0 Å². The Morgan fingerprint density at radius 1 is 0.643 bits per heavy atom. The Morgan fingerprint density at radius 3 is 1.50 bits per heavy atom. The third-order valence-corrected chi connectivity index (χ3v) is 3.85. The zero-order valence-electron chi connectivity index (χ0n) is 16.0. The third kappa shape index (κ3) is 6.24. The maximum atomic E-state index is 5.60. The molecule has 0 bridgehead atoms. The second kappa shape index (κ2) is 9.86. The Labute approximate surface area is 166 Å². The summed E-state index contributed by atoms with van der Waals surface area (Å²) in [6.45, 7) is 4.70. The normalized spacial score (nSPS) is 9.50. The van der Waals surface area contributed by atoms with E-state index in [1.54, 1.807) is 0 Å². The standard InChI is InChI=1S/C25H21NO2/c1-20-10-14-24(15-11-20)27-18-4-8-22-6-3-7-23(26-22)9-5-19-28-25-16-12-21(2)13-17-25/h3,6-7,10-17H,18-19H2,1-2H3. The Bertz CT molecular complexity index is 947. The van der Waals surface area contributed by atoms with Gasteiger partial charge in [0.1, 0.15) is 36.1 Å². The molecule has 0 N–H and O–H groups in total. The van der Waals surface area contributed by atoms with Crippen molar-refractivity contribution in [2.24, 2.45) is 0 Å². The van der Waals surface area contributed by atoms with Crippen molar-refractivity contribution in [3.8, 4) is 35.2 Å². The van der Waals surface area contributed by atoms with E-state index in [4.69, 9.17) is 9.47 Å². The van der Waals surface area contributed by atoms with Crippen LogP contribution in [-0.4, -0.2) is 18.2 Å². The van der Waals surface area contributed by atoms with E-state index in [2.05, 4.69) is 28.7 Å². The molecule has 3 rings (SSSR count). The minimum Gasteiger partial charge on any atom is -0.481 e. The number of hydrogen-bond donors (Lipinski definition) is 0. The van der Waals surface area contributed by atoms with Gasteiger partial charge in [0.2, 0.25) is 0 Å². The fourth-order valence-corrected chi connectivity index (χ4v) is 2.34. The number of benzene rings is 2. The van der Waals surface area contributed by atoms with Crippen molar-refractivity contribution >= 4 is 0 Å². The summed E-state index contributed by atoms with van der Waals surface area (Å²) in [5.74, 6) is 13.6. The average Bonchev–Trinajstić information content (AvgIpc) is 2.72. The van der Waals surface area contributed by atoms with E-state index < -0.39 is 0 Å². The smallest absolute Gasteiger partial charge is 0.149 e. The number of ether oxygens (including phenoxy) is 2. The molecule has 0 fully saturated rings. The summed E-state index contributed by atoms with van der Waals surface area (Å²) in [7, 11) is 0. The van der Waals surface area contributed by atoms with E-state index >= 15 is 0 Å². The summed E-state index contributed by atoms with van der Waals surface area (Å²) in [6.07, 6.45) is 0. The molecule has 3 aromatic rings. The minimum absolute atomic E-state index is 0.311. The van der Waals surface area contributed by atoms with Crippen LogP contribution in [0.1, 0.15) is 22.5 Å². The van der Waals surface area contributed by atoms with Gasteiger partial charge in [-0.15, -0.1) is 0 Å². The SMILES string of the molecule is Cc1ccc(OCC#Cc2cccc(C#CCOc3ccc(C)cc3)n2)cc1. The number of aromatic nitrogens is 1. The van der Waals surface area contributed by atoms with E-state index in [0.717, 1.165) is 11.5 Å². The van der Waals surface area contributed by atoms with Crippen LogP contribution in [0.25, 0.3) is 0 Å². The molecule has 0 radical (unpaired) electrons. The first kappa shape index (κ1) is 19.1. The highest BCUT2D eigenvalue weighted by Gasteiger charge is 1.94. The molecule has 1 heterocycles. The van der Waals surface area contributed by atoms with Crippen molar-refractivity contribution in [1.29, 1.82) is 0 Å². The molecule has 3 nitrogen and oxygen atoms in total. The Morgan fingerprint density at radius 2 is 1.07 bits per heavy atom. The summed E-state index contributed by atoms with van der Waals surface area (Å²) < 4.78 is 11.2. The number of nitrogens with zero attached hydrogens (tertiary/aromatic N) is 1. The number of pyridine rings is 1. The molecule has 0 aliphatic heterocycles. The molecule has 0 atom stereocenters. The first-order chi connectivity index (χ1) is 13.7. The van der Waals surface area contributed by atoms with Crippen molar-refractivity contribution in [2.45, 2.75) is 13.8 Å². The van der Waals surface area contributed by atoms with E-state index in [1.807, 2.05) is 80.6 Å². The largest absolute Gasteiger partial charge is 0.481 e. The second-order valence-corrected chi connectivity index (χ2v) is 6.22. The molecule has 0 aliphatic carbocycles. The van der Waals surface area contributed by atoms with Gasteiger partial charge in [-0.3, -0.25) is 0 Å². The lowest BCUT2D eigenvalue weighted by Gasteiger charge is -2.01. The lowest BCUT2D eigenvalue weighted by molar-refractivity contribution is 0.370. The topological polar surface area (TPSA) is 31.4 Å². The average molecular weight is 367 g/mol. The van der Waals surface area contributed by atoms with Crippen LogP contribution in [0.15, 0.2) is 66.7 Å². The van der Waals surface area contributed by atoms with Crippen LogP contribution in [0.3, 0.4) is 0 Å². The van der Waals surface area contributed by atoms with Gasteiger partial charge >= 0.3 is 0 Å². The van der Waals surface area contributed by atoms with E-state index in [0.29, 0.717) is 24.6 Å². The lowest BCUT2D eigenvalue weighted by atomic mass is 10.2. The van der Waals surface area contributed by atoms with Gasteiger partial charge in [-0.2, -0.15) is 0 Å². The second-order valence-electron chi connectivity index (χ2n) is 6.22. The molecule has 0 amide bonds. The van der Waals surface area contributed by atoms with Crippen molar-refractivity contribution in [1.82, 2.24) is 4.98 Å². The molecule has 1 aromatic heterocycles. The van der Waals surface area contributed by atoms with Gasteiger partial charge in [-0.25, -0.2) is 4.98 Å². The summed E-state index contributed by atoms with van der Waals surface area (Å²) in [4.78, 5) is 4.43. The summed E-state index contributed by atoms with van der Waals surface area (Å²) in [6, 6.07) is 21.4. The Hall–Kier alpha value is -3.69. The molecule has 2 aromatic carbocycles. The van der Waals surface area contributed by atoms with Crippen molar-refractivity contribution in [2.75, 3.05) is 13.2 Å². The Kier molecular flexibility index (Phi) is 6.72. The van der Waals surface area contributed by atoms with Crippen LogP contribution >= 0.6 is 0 Å². The minimum atomic E-state index is 0.311. The molecule has 28 heavy (non-hydrogen) atoms. The summed E-state index contributed by atoms with van der Waals surface area (Å²) in [5, 5.41) is 0. The predicted molar refractivity (Wildman–Crippen MR) is 111 cm³/mol. The van der Waals surface area contributed by atoms with Gasteiger partial charge in [-0.1, -0.05) is 53.3 Å². The highest BCUT2D eigenvalue weighted by molar-refractivity contribution is 5.35. The van der Waals surface area contributed by atoms with Gasteiger partial charge in [0.15, 0.2) is 0 Å². The van der Waals surface area contributed by atoms with Crippen LogP contribution < -0.4 is 9.47 Å². The number of hydrogen-bond acceptors (Lipinski definition) is 3. The summed E-state index contributed by atoms with van der Waals surface area (Å²) in [5.41, 5.74) is 3.73. The first-order valence-corrected chi connectivity index (χ1v) is 9.03. The molecule has 0 saturated heterocycles. The lowest BCUT2D eigenvalue weighted by Crippen LogP contribution is -1.95. The molecular weight excluding hydrogens is 346 g/mol. The number of aryl methyl sites for hydroxylation is 2. The van der Waals surface area contributed by atoms with Crippen LogP contribution in [0.4, 0.5) is 0 Å². The Balaban J connectivity index is 1.51. The van der Waals surface area contributed by atoms with Crippen molar-refractivity contribution in [3.05, 3.63) is 89.2 Å². The summed E-state index contributed by atoms with van der Waals surface area (Å²) >= 11 is 0. The molecular formula is C25H21NO2. The molecule has 0 spiro atoms. The van der Waals surface area contributed by atoms with Gasteiger partial charge in [0.05, 0.1) is 0 Å². The van der Waals surface area contributed by atoms with Gasteiger partial charge in [0.25, 0.3) is 0 Å². The molecule has 0 saturated carbocycles. The maximum Gasteiger partial charge on any atom is 0.149 e.